The normalized spacial score (nSPS) is 10.1. The van der Waals surface area contributed by atoms with Gasteiger partial charge in [-0.1, -0.05) is 12.0 Å². The summed E-state index contributed by atoms with van der Waals surface area (Å²) in [7, 11) is 0. The highest BCUT2D eigenvalue weighted by atomic mass is 16.6. The van der Waals surface area contributed by atoms with E-state index in [-0.39, 0.29) is 5.56 Å². The summed E-state index contributed by atoms with van der Waals surface area (Å²) >= 11 is 0. The highest BCUT2D eigenvalue weighted by molar-refractivity contribution is 5.87. The molecule has 0 saturated carbocycles. The Hall–Kier alpha value is -2.46. The third kappa shape index (κ3) is 3.54. The van der Waals surface area contributed by atoms with Crippen molar-refractivity contribution in [2.75, 3.05) is 5.32 Å². The summed E-state index contributed by atoms with van der Waals surface area (Å²) in [6.07, 6.45) is 4.67. The van der Waals surface area contributed by atoms with Crippen molar-refractivity contribution in [2.45, 2.75) is 26.4 Å². The lowest BCUT2D eigenvalue weighted by Crippen LogP contribution is -2.27. The Morgan fingerprint density at radius 2 is 2.11 bits per heavy atom. The van der Waals surface area contributed by atoms with Gasteiger partial charge in [-0.05, 0) is 32.9 Å². The second-order valence-electron chi connectivity index (χ2n) is 4.61. The molecular formula is C14H14N2O2. The van der Waals surface area contributed by atoms with Gasteiger partial charge in [-0.15, -0.1) is 6.42 Å². The predicted octanol–water partition coefficient (Wildman–Crippen LogP) is 2.89. The van der Waals surface area contributed by atoms with Crippen LogP contribution in [0.4, 0.5) is 10.5 Å². The SMILES string of the molecule is C#Cc1cccc(NC(=O)OC(C)(C)C)c1C#N. The van der Waals surface area contributed by atoms with E-state index >= 15 is 0 Å². The molecule has 92 valence electrons. The Morgan fingerprint density at radius 3 is 2.61 bits per heavy atom. The maximum Gasteiger partial charge on any atom is 0.412 e. The van der Waals surface area contributed by atoms with Crippen molar-refractivity contribution in [1.29, 1.82) is 5.26 Å². The molecule has 1 aromatic carbocycles. The Bertz CT molecular complexity index is 542. The molecule has 0 fully saturated rings. The number of amides is 1. The second-order valence-corrected chi connectivity index (χ2v) is 4.61. The molecule has 1 N–H and O–H groups in total. The minimum atomic E-state index is -0.617. The van der Waals surface area contributed by atoms with Crippen molar-refractivity contribution in [3.05, 3.63) is 29.3 Å². The number of carbonyl (C=O) groups is 1. The number of benzene rings is 1. The number of nitriles is 1. The molecule has 0 aromatic heterocycles. The molecule has 0 saturated heterocycles. The van der Waals surface area contributed by atoms with Gasteiger partial charge in [0.25, 0.3) is 0 Å². The molecule has 0 heterocycles. The number of nitrogens with one attached hydrogen (secondary N) is 1. The average molecular weight is 242 g/mol. The Morgan fingerprint density at radius 1 is 1.44 bits per heavy atom. The fraction of sp³-hybridized carbons (Fsp3) is 0.286. The lowest BCUT2D eigenvalue weighted by atomic mass is 10.1. The summed E-state index contributed by atoms with van der Waals surface area (Å²) in [4.78, 5) is 11.6. The van der Waals surface area contributed by atoms with Crippen LogP contribution in [0.15, 0.2) is 18.2 Å². The van der Waals surface area contributed by atoms with Crippen LogP contribution in [0.25, 0.3) is 0 Å². The minimum Gasteiger partial charge on any atom is -0.444 e. The van der Waals surface area contributed by atoms with Gasteiger partial charge in [0.05, 0.1) is 11.3 Å². The molecule has 1 aromatic rings. The van der Waals surface area contributed by atoms with Gasteiger partial charge in [0.1, 0.15) is 11.7 Å². The zero-order valence-corrected chi connectivity index (χ0v) is 10.6. The van der Waals surface area contributed by atoms with Crippen LogP contribution in [-0.2, 0) is 4.74 Å². The first-order chi connectivity index (χ1) is 8.37. The maximum absolute atomic E-state index is 11.6. The van der Waals surface area contributed by atoms with Crippen LogP contribution in [-0.4, -0.2) is 11.7 Å². The van der Waals surface area contributed by atoms with Gasteiger partial charge in [0.15, 0.2) is 0 Å². The van der Waals surface area contributed by atoms with Crippen LogP contribution in [0.2, 0.25) is 0 Å². The first-order valence-corrected chi connectivity index (χ1v) is 5.37. The number of ether oxygens (including phenoxy) is 1. The number of terminal acetylenes is 1. The summed E-state index contributed by atoms with van der Waals surface area (Å²) < 4.78 is 5.10. The molecule has 0 atom stereocenters. The highest BCUT2D eigenvalue weighted by Crippen LogP contribution is 2.19. The van der Waals surface area contributed by atoms with E-state index in [1.54, 1.807) is 39.0 Å². The van der Waals surface area contributed by atoms with E-state index in [1.165, 1.54) is 0 Å². The monoisotopic (exact) mass is 242 g/mol. The topological polar surface area (TPSA) is 62.1 Å². The molecule has 18 heavy (non-hydrogen) atoms. The average Bonchev–Trinajstić information content (AvgIpc) is 2.25. The molecular weight excluding hydrogens is 228 g/mol. The van der Waals surface area contributed by atoms with E-state index in [0.717, 1.165) is 0 Å². The Balaban J connectivity index is 2.97. The van der Waals surface area contributed by atoms with Crippen LogP contribution in [0, 0.1) is 23.7 Å². The van der Waals surface area contributed by atoms with Crippen LogP contribution < -0.4 is 5.32 Å². The van der Waals surface area contributed by atoms with E-state index in [2.05, 4.69) is 11.2 Å². The maximum atomic E-state index is 11.6. The number of hydrogen-bond donors (Lipinski definition) is 1. The largest absolute Gasteiger partial charge is 0.444 e. The number of anilines is 1. The molecule has 1 rings (SSSR count). The zero-order valence-electron chi connectivity index (χ0n) is 10.6. The van der Waals surface area contributed by atoms with E-state index in [4.69, 9.17) is 16.4 Å². The van der Waals surface area contributed by atoms with E-state index < -0.39 is 11.7 Å². The summed E-state index contributed by atoms with van der Waals surface area (Å²) in [5.41, 5.74) is 0.444. The molecule has 0 aliphatic carbocycles. The minimum absolute atomic E-state index is 0.255. The van der Waals surface area contributed by atoms with Crippen molar-refractivity contribution in [2.24, 2.45) is 0 Å². The smallest absolute Gasteiger partial charge is 0.412 e. The van der Waals surface area contributed by atoms with E-state index in [0.29, 0.717) is 11.3 Å². The third-order valence-corrected chi connectivity index (χ3v) is 1.97. The van der Waals surface area contributed by atoms with E-state index in [1.807, 2.05) is 6.07 Å². The van der Waals surface area contributed by atoms with Crippen LogP contribution in [0.5, 0.6) is 0 Å². The van der Waals surface area contributed by atoms with Crippen LogP contribution in [0.1, 0.15) is 31.9 Å². The standard InChI is InChI=1S/C14H14N2O2/c1-5-10-7-6-8-12(11(10)9-15)16-13(17)18-14(2,3)4/h1,6-8H,2-4H3,(H,16,17). The molecule has 0 spiro atoms. The number of rotatable bonds is 1. The molecule has 0 aliphatic rings. The summed E-state index contributed by atoms with van der Waals surface area (Å²) in [5, 5.41) is 11.6. The Kier molecular flexibility index (Phi) is 3.97. The molecule has 0 bridgehead atoms. The molecule has 0 radical (unpaired) electrons. The first-order valence-electron chi connectivity index (χ1n) is 5.37. The van der Waals surface area contributed by atoms with Crippen molar-refractivity contribution in [3.63, 3.8) is 0 Å². The first kappa shape index (κ1) is 13.6. The van der Waals surface area contributed by atoms with Crippen LogP contribution in [0.3, 0.4) is 0 Å². The van der Waals surface area contributed by atoms with Crippen molar-refractivity contribution in [1.82, 2.24) is 0 Å². The van der Waals surface area contributed by atoms with Gasteiger partial charge >= 0.3 is 6.09 Å². The van der Waals surface area contributed by atoms with Gasteiger partial charge in [-0.25, -0.2) is 4.79 Å². The number of nitrogens with zero attached hydrogens (tertiary/aromatic N) is 1. The highest BCUT2D eigenvalue weighted by Gasteiger charge is 2.17. The molecule has 4 nitrogen and oxygen atoms in total. The van der Waals surface area contributed by atoms with Gasteiger partial charge in [-0.3, -0.25) is 5.32 Å². The molecule has 4 heteroatoms. The summed E-state index contributed by atoms with van der Waals surface area (Å²) in [6, 6.07) is 6.88. The fourth-order valence-corrected chi connectivity index (χ4v) is 1.31. The van der Waals surface area contributed by atoms with Gasteiger partial charge in [-0.2, -0.15) is 5.26 Å². The van der Waals surface area contributed by atoms with Crippen LogP contribution >= 0.6 is 0 Å². The summed E-state index contributed by atoms with van der Waals surface area (Å²) in [6.45, 7) is 5.28. The Labute approximate surface area is 107 Å². The van der Waals surface area contributed by atoms with Gasteiger partial charge in [0, 0.05) is 5.56 Å². The van der Waals surface area contributed by atoms with Gasteiger partial charge < -0.3 is 4.74 Å². The quantitative estimate of drug-likeness (QED) is 0.770. The lowest BCUT2D eigenvalue weighted by molar-refractivity contribution is 0.0636. The van der Waals surface area contributed by atoms with Crippen molar-refractivity contribution < 1.29 is 9.53 Å². The van der Waals surface area contributed by atoms with Crippen molar-refractivity contribution >= 4 is 11.8 Å². The van der Waals surface area contributed by atoms with Crippen molar-refractivity contribution in [3.8, 4) is 18.4 Å². The second kappa shape index (κ2) is 5.25. The molecule has 1 amide bonds. The third-order valence-electron chi connectivity index (χ3n) is 1.97. The number of carbonyl (C=O) groups excluding carboxylic acids is 1. The fourth-order valence-electron chi connectivity index (χ4n) is 1.31. The van der Waals surface area contributed by atoms with E-state index in [9.17, 15) is 4.79 Å². The molecule has 0 unspecified atom stereocenters. The number of hydrogen-bond acceptors (Lipinski definition) is 3. The van der Waals surface area contributed by atoms with Gasteiger partial charge in [0.2, 0.25) is 0 Å². The lowest BCUT2D eigenvalue weighted by Gasteiger charge is -2.20. The summed E-state index contributed by atoms with van der Waals surface area (Å²) in [5.74, 6) is 2.39. The molecule has 0 aliphatic heterocycles. The predicted molar refractivity (Wildman–Crippen MR) is 68.9 cm³/mol. The zero-order chi connectivity index (χ0) is 13.8.